The highest BCUT2D eigenvalue weighted by molar-refractivity contribution is 6.06. The minimum atomic E-state index is -0.245. The Kier molecular flexibility index (Phi) is 10.5. The standard InChI is InChI=1S/C25H35N3O4/c1-5-7-17-32-21-12-9-19(10-13-21)24(29)27-20-11-14-23(28(3)4)22(18-20)25(30)26-15-8-16-31-6-2/h9-14,18H,5-8,15-17H2,1-4H3,(H,26,30)(H,27,29). The molecular weight excluding hydrogens is 406 g/mol. The number of amides is 2. The zero-order valence-corrected chi connectivity index (χ0v) is 19.6. The molecule has 2 rings (SSSR count). The lowest BCUT2D eigenvalue weighted by Gasteiger charge is -2.18. The molecule has 0 bridgehead atoms. The van der Waals surface area contributed by atoms with Crippen molar-refractivity contribution in [3.05, 3.63) is 53.6 Å². The van der Waals surface area contributed by atoms with Crippen molar-refractivity contribution >= 4 is 23.2 Å². The first kappa shape index (κ1) is 25.2. The first-order valence-corrected chi connectivity index (χ1v) is 11.2. The van der Waals surface area contributed by atoms with Crippen LogP contribution in [-0.2, 0) is 4.74 Å². The van der Waals surface area contributed by atoms with E-state index in [1.54, 1.807) is 36.4 Å². The molecule has 2 aromatic carbocycles. The summed E-state index contributed by atoms with van der Waals surface area (Å²) in [5.41, 5.74) is 2.36. The fourth-order valence-electron chi connectivity index (χ4n) is 3.04. The molecule has 7 heteroatoms. The Hall–Kier alpha value is -3.06. The predicted octanol–water partition coefficient (Wildman–Crippen LogP) is 4.34. The lowest BCUT2D eigenvalue weighted by Crippen LogP contribution is -2.27. The van der Waals surface area contributed by atoms with Crippen molar-refractivity contribution in [2.24, 2.45) is 0 Å². The molecule has 7 nitrogen and oxygen atoms in total. The number of nitrogens with zero attached hydrogens (tertiary/aromatic N) is 1. The van der Waals surface area contributed by atoms with E-state index in [0.717, 1.165) is 30.7 Å². The van der Waals surface area contributed by atoms with Crippen molar-refractivity contribution in [3.8, 4) is 5.75 Å². The molecule has 0 spiro atoms. The number of rotatable bonds is 13. The number of benzene rings is 2. The average Bonchev–Trinajstić information content (AvgIpc) is 2.79. The Morgan fingerprint density at radius 1 is 0.938 bits per heavy atom. The fraction of sp³-hybridized carbons (Fsp3) is 0.440. The van der Waals surface area contributed by atoms with Crippen LogP contribution in [0.4, 0.5) is 11.4 Å². The van der Waals surface area contributed by atoms with Gasteiger partial charge in [-0.3, -0.25) is 9.59 Å². The highest BCUT2D eigenvalue weighted by atomic mass is 16.5. The number of hydrogen-bond donors (Lipinski definition) is 2. The molecule has 2 aromatic rings. The van der Waals surface area contributed by atoms with Gasteiger partial charge in [-0.05, 0) is 62.2 Å². The van der Waals surface area contributed by atoms with E-state index in [-0.39, 0.29) is 11.8 Å². The van der Waals surface area contributed by atoms with Crippen LogP contribution in [0.3, 0.4) is 0 Å². The van der Waals surface area contributed by atoms with E-state index in [1.165, 1.54) is 0 Å². The number of carbonyl (C=O) groups excluding carboxylic acids is 2. The van der Waals surface area contributed by atoms with E-state index < -0.39 is 0 Å². The van der Waals surface area contributed by atoms with Gasteiger partial charge >= 0.3 is 0 Å². The van der Waals surface area contributed by atoms with Crippen LogP contribution in [0.15, 0.2) is 42.5 Å². The molecule has 0 unspecified atom stereocenters. The molecule has 0 saturated heterocycles. The van der Waals surface area contributed by atoms with Crippen molar-refractivity contribution in [2.45, 2.75) is 33.1 Å². The summed E-state index contributed by atoms with van der Waals surface area (Å²) < 4.78 is 10.9. The van der Waals surface area contributed by atoms with Crippen LogP contribution >= 0.6 is 0 Å². The summed E-state index contributed by atoms with van der Waals surface area (Å²) in [4.78, 5) is 27.3. The first-order chi connectivity index (χ1) is 15.5. The number of nitrogens with one attached hydrogen (secondary N) is 2. The number of anilines is 2. The van der Waals surface area contributed by atoms with Crippen molar-refractivity contribution in [3.63, 3.8) is 0 Å². The van der Waals surface area contributed by atoms with Crippen LogP contribution in [0, 0.1) is 0 Å². The number of hydrogen-bond acceptors (Lipinski definition) is 5. The smallest absolute Gasteiger partial charge is 0.255 e. The maximum Gasteiger partial charge on any atom is 0.255 e. The highest BCUT2D eigenvalue weighted by Crippen LogP contribution is 2.24. The molecule has 0 heterocycles. The fourth-order valence-corrected chi connectivity index (χ4v) is 3.04. The van der Waals surface area contributed by atoms with Gasteiger partial charge in [-0.2, -0.15) is 0 Å². The van der Waals surface area contributed by atoms with Crippen LogP contribution < -0.4 is 20.3 Å². The van der Waals surface area contributed by atoms with E-state index in [2.05, 4.69) is 17.6 Å². The minimum Gasteiger partial charge on any atom is -0.494 e. The molecular formula is C25H35N3O4. The van der Waals surface area contributed by atoms with E-state index in [9.17, 15) is 9.59 Å². The maximum absolute atomic E-state index is 12.8. The van der Waals surface area contributed by atoms with Gasteiger partial charge in [0.05, 0.1) is 12.2 Å². The second-order valence-corrected chi connectivity index (χ2v) is 7.61. The van der Waals surface area contributed by atoms with Gasteiger partial charge in [-0.15, -0.1) is 0 Å². The summed E-state index contributed by atoms with van der Waals surface area (Å²) in [5, 5.41) is 5.80. The van der Waals surface area contributed by atoms with Gasteiger partial charge in [0, 0.05) is 50.8 Å². The molecule has 2 N–H and O–H groups in total. The lowest BCUT2D eigenvalue weighted by atomic mass is 10.1. The molecule has 0 saturated carbocycles. The first-order valence-electron chi connectivity index (χ1n) is 11.2. The van der Waals surface area contributed by atoms with Crippen molar-refractivity contribution in [2.75, 3.05) is 50.7 Å². The molecule has 174 valence electrons. The third kappa shape index (κ3) is 7.89. The number of ether oxygens (including phenoxy) is 2. The Morgan fingerprint density at radius 2 is 1.69 bits per heavy atom. The Morgan fingerprint density at radius 3 is 2.34 bits per heavy atom. The molecule has 0 aliphatic rings. The lowest BCUT2D eigenvalue weighted by molar-refractivity contribution is 0.0943. The third-order valence-corrected chi connectivity index (χ3v) is 4.82. The van der Waals surface area contributed by atoms with Crippen LogP contribution in [0.2, 0.25) is 0 Å². The summed E-state index contributed by atoms with van der Waals surface area (Å²) in [6.07, 6.45) is 2.81. The van der Waals surface area contributed by atoms with Crippen LogP contribution in [0.5, 0.6) is 5.75 Å². The second-order valence-electron chi connectivity index (χ2n) is 7.61. The van der Waals surface area contributed by atoms with Crippen molar-refractivity contribution in [1.29, 1.82) is 0 Å². The van der Waals surface area contributed by atoms with Gasteiger partial charge in [0.15, 0.2) is 0 Å². The summed E-state index contributed by atoms with van der Waals surface area (Å²) in [7, 11) is 3.76. The maximum atomic E-state index is 12.8. The predicted molar refractivity (Wildman–Crippen MR) is 129 cm³/mol. The molecule has 0 radical (unpaired) electrons. The zero-order valence-electron chi connectivity index (χ0n) is 19.6. The van der Waals surface area contributed by atoms with Gasteiger partial charge in [0.25, 0.3) is 11.8 Å². The van der Waals surface area contributed by atoms with Gasteiger partial charge < -0.3 is 25.0 Å². The molecule has 0 aliphatic carbocycles. The van der Waals surface area contributed by atoms with Gasteiger partial charge in [0.1, 0.15) is 5.75 Å². The summed E-state index contributed by atoms with van der Waals surface area (Å²) >= 11 is 0. The monoisotopic (exact) mass is 441 g/mol. The average molecular weight is 442 g/mol. The Balaban J connectivity index is 2.05. The second kappa shape index (κ2) is 13.4. The van der Waals surface area contributed by atoms with Crippen molar-refractivity contribution < 1.29 is 19.1 Å². The van der Waals surface area contributed by atoms with Gasteiger partial charge in [0.2, 0.25) is 0 Å². The zero-order chi connectivity index (χ0) is 23.3. The summed E-state index contributed by atoms with van der Waals surface area (Å²) in [6, 6.07) is 12.4. The molecule has 32 heavy (non-hydrogen) atoms. The van der Waals surface area contributed by atoms with Gasteiger partial charge in [-0.25, -0.2) is 0 Å². The molecule has 0 aromatic heterocycles. The number of carbonyl (C=O) groups is 2. The van der Waals surface area contributed by atoms with Crippen molar-refractivity contribution in [1.82, 2.24) is 5.32 Å². The topological polar surface area (TPSA) is 79.9 Å². The van der Waals surface area contributed by atoms with E-state index >= 15 is 0 Å². The van der Waals surface area contributed by atoms with E-state index in [1.807, 2.05) is 32.0 Å². The van der Waals surface area contributed by atoms with Crippen LogP contribution in [-0.4, -0.2) is 52.3 Å². The van der Waals surface area contributed by atoms with E-state index in [0.29, 0.717) is 43.2 Å². The Labute approximate surface area is 191 Å². The van der Waals surface area contributed by atoms with Crippen LogP contribution in [0.25, 0.3) is 0 Å². The largest absolute Gasteiger partial charge is 0.494 e. The Bertz CT molecular complexity index is 866. The molecule has 2 amide bonds. The third-order valence-electron chi connectivity index (χ3n) is 4.82. The van der Waals surface area contributed by atoms with Gasteiger partial charge in [-0.1, -0.05) is 13.3 Å². The molecule has 0 atom stereocenters. The summed E-state index contributed by atoms with van der Waals surface area (Å²) in [6.45, 7) is 6.51. The number of unbranched alkanes of at least 4 members (excludes halogenated alkanes) is 1. The molecule has 0 fully saturated rings. The molecule has 0 aliphatic heterocycles. The van der Waals surface area contributed by atoms with Crippen LogP contribution in [0.1, 0.15) is 53.8 Å². The van der Waals surface area contributed by atoms with E-state index in [4.69, 9.17) is 9.47 Å². The highest BCUT2D eigenvalue weighted by Gasteiger charge is 2.15. The minimum absolute atomic E-state index is 0.185. The SMILES string of the molecule is CCCCOc1ccc(C(=O)Nc2ccc(N(C)C)c(C(=O)NCCCOCC)c2)cc1. The quantitative estimate of drug-likeness (QED) is 0.452. The normalized spacial score (nSPS) is 10.5. The summed E-state index contributed by atoms with van der Waals surface area (Å²) in [5.74, 6) is 0.314.